The molecule has 11 heteroatoms. The van der Waals surface area contributed by atoms with Crippen LogP contribution in [0.15, 0.2) is 58.8 Å². The molecular formula is C20H17ClF3N3O2S2. The Morgan fingerprint density at radius 1 is 1.00 bits per heavy atom. The van der Waals surface area contributed by atoms with Crippen LogP contribution in [0.1, 0.15) is 5.56 Å². The summed E-state index contributed by atoms with van der Waals surface area (Å²) in [6, 6.07) is 12.0. The monoisotopic (exact) mass is 487 g/mol. The number of thiazole rings is 1. The topological polar surface area (TPSA) is 53.5 Å². The number of hydrogen-bond donors (Lipinski definition) is 0. The predicted octanol–water partition coefficient (Wildman–Crippen LogP) is 4.99. The van der Waals surface area contributed by atoms with Gasteiger partial charge in [-0.05, 0) is 18.2 Å². The van der Waals surface area contributed by atoms with Crippen LogP contribution in [0, 0.1) is 0 Å². The van der Waals surface area contributed by atoms with E-state index >= 15 is 0 Å². The molecular weight excluding hydrogens is 471 g/mol. The number of anilines is 1. The van der Waals surface area contributed by atoms with Gasteiger partial charge < -0.3 is 4.90 Å². The molecule has 0 radical (unpaired) electrons. The van der Waals surface area contributed by atoms with E-state index < -0.39 is 26.7 Å². The zero-order chi connectivity index (χ0) is 22.2. The lowest BCUT2D eigenvalue weighted by atomic mass is 10.2. The quantitative estimate of drug-likeness (QED) is 0.520. The number of hydrogen-bond acceptors (Lipinski definition) is 5. The van der Waals surface area contributed by atoms with Gasteiger partial charge in [-0.1, -0.05) is 41.9 Å². The molecule has 0 atom stereocenters. The lowest BCUT2D eigenvalue weighted by Crippen LogP contribution is -2.48. The summed E-state index contributed by atoms with van der Waals surface area (Å²) in [7, 11) is -4.16. The predicted molar refractivity (Wildman–Crippen MR) is 115 cm³/mol. The van der Waals surface area contributed by atoms with E-state index in [0.717, 1.165) is 32.8 Å². The van der Waals surface area contributed by atoms with Gasteiger partial charge in [0.2, 0.25) is 10.0 Å². The van der Waals surface area contributed by atoms with Gasteiger partial charge in [0.25, 0.3) is 0 Å². The third kappa shape index (κ3) is 4.57. The van der Waals surface area contributed by atoms with E-state index in [-0.39, 0.29) is 18.1 Å². The van der Waals surface area contributed by atoms with E-state index in [0.29, 0.717) is 19.2 Å². The minimum Gasteiger partial charge on any atom is -0.345 e. The Labute approximate surface area is 186 Å². The molecule has 1 fully saturated rings. The van der Waals surface area contributed by atoms with Gasteiger partial charge in [-0.15, -0.1) is 11.3 Å². The number of aromatic nitrogens is 1. The van der Waals surface area contributed by atoms with Gasteiger partial charge in [0.1, 0.15) is 4.90 Å². The number of halogens is 4. The van der Waals surface area contributed by atoms with E-state index in [9.17, 15) is 21.6 Å². The fourth-order valence-electron chi connectivity index (χ4n) is 3.29. The highest BCUT2D eigenvalue weighted by Crippen LogP contribution is 2.35. The van der Waals surface area contributed by atoms with Crippen molar-refractivity contribution in [2.24, 2.45) is 0 Å². The molecule has 31 heavy (non-hydrogen) atoms. The number of nitrogens with zero attached hydrogens (tertiary/aromatic N) is 3. The third-order valence-corrected chi connectivity index (χ3v) is 8.23. The van der Waals surface area contributed by atoms with Crippen molar-refractivity contribution in [3.8, 4) is 11.3 Å². The Hall–Kier alpha value is -2.14. The normalized spacial score (nSPS) is 15.9. The second kappa shape index (κ2) is 8.42. The van der Waals surface area contributed by atoms with Crippen LogP contribution >= 0.6 is 22.9 Å². The summed E-state index contributed by atoms with van der Waals surface area (Å²) in [5.74, 6) is 0. The van der Waals surface area contributed by atoms with Crippen molar-refractivity contribution in [1.29, 1.82) is 0 Å². The third-order valence-electron chi connectivity index (χ3n) is 4.95. The number of sulfonamides is 1. The maximum absolute atomic E-state index is 13.0. The fourth-order valence-corrected chi connectivity index (χ4v) is 6.10. The molecule has 0 saturated carbocycles. The van der Waals surface area contributed by atoms with Crippen molar-refractivity contribution in [2.75, 3.05) is 31.1 Å². The van der Waals surface area contributed by atoms with Crippen LogP contribution in [-0.4, -0.2) is 43.9 Å². The lowest BCUT2D eigenvalue weighted by molar-refractivity contribution is -0.137. The molecule has 1 aromatic heterocycles. The highest BCUT2D eigenvalue weighted by atomic mass is 35.5. The van der Waals surface area contributed by atoms with Gasteiger partial charge >= 0.3 is 6.18 Å². The molecule has 0 N–H and O–H groups in total. The fraction of sp³-hybridized carbons (Fsp3) is 0.250. The van der Waals surface area contributed by atoms with Gasteiger partial charge in [0.15, 0.2) is 5.13 Å². The van der Waals surface area contributed by atoms with Crippen molar-refractivity contribution >= 4 is 38.1 Å². The van der Waals surface area contributed by atoms with Crippen LogP contribution in [0.3, 0.4) is 0 Å². The number of benzene rings is 2. The summed E-state index contributed by atoms with van der Waals surface area (Å²) in [4.78, 5) is 6.07. The molecule has 4 rings (SSSR count). The maximum atomic E-state index is 13.0. The van der Waals surface area contributed by atoms with Crippen molar-refractivity contribution in [3.05, 3.63) is 64.5 Å². The highest BCUT2D eigenvalue weighted by Gasteiger charge is 2.35. The standard InChI is InChI=1S/C20H17ClF3N3O2S2/c21-16-7-6-15(20(22,23)24)12-18(16)31(28,29)27-10-8-26(9-11-27)19-25-17(13-30-19)14-4-2-1-3-5-14/h1-7,12-13H,8-11H2. The largest absolute Gasteiger partial charge is 0.416 e. The molecule has 2 heterocycles. The number of piperazine rings is 1. The van der Waals surface area contributed by atoms with Crippen molar-refractivity contribution in [2.45, 2.75) is 11.1 Å². The summed E-state index contributed by atoms with van der Waals surface area (Å²) in [6.45, 7) is 0.986. The first-order valence-corrected chi connectivity index (χ1v) is 12.0. The van der Waals surface area contributed by atoms with Gasteiger partial charge in [-0.2, -0.15) is 17.5 Å². The van der Waals surface area contributed by atoms with Crippen LogP contribution in [-0.2, 0) is 16.2 Å². The van der Waals surface area contributed by atoms with E-state index in [1.165, 1.54) is 11.3 Å². The van der Waals surface area contributed by atoms with E-state index in [1.54, 1.807) is 0 Å². The molecule has 0 amide bonds. The Bertz CT molecular complexity index is 1180. The molecule has 0 bridgehead atoms. The second-order valence-electron chi connectivity index (χ2n) is 6.92. The zero-order valence-corrected chi connectivity index (χ0v) is 18.4. The summed E-state index contributed by atoms with van der Waals surface area (Å²) >= 11 is 7.41. The Kier molecular flexibility index (Phi) is 5.99. The van der Waals surface area contributed by atoms with Crippen LogP contribution in [0.4, 0.5) is 18.3 Å². The molecule has 1 aliphatic heterocycles. The minimum absolute atomic E-state index is 0.120. The molecule has 5 nitrogen and oxygen atoms in total. The Morgan fingerprint density at radius 2 is 1.68 bits per heavy atom. The second-order valence-corrected chi connectivity index (χ2v) is 10.1. The first kappa shape index (κ1) is 22.1. The lowest BCUT2D eigenvalue weighted by Gasteiger charge is -2.34. The first-order valence-electron chi connectivity index (χ1n) is 9.29. The Balaban J connectivity index is 1.50. The van der Waals surface area contributed by atoms with Gasteiger partial charge in [-0.25, -0.2) is 13.4 Å². The molecule has 1 aliphatic rings. The van der Waals surface area contributed by atoms with Crippen LogP contribution in [0.5, 0.6) is 0 Å². The Morgan fingerprint density at radius 3 is 2.32 bits per heavy atom. The van der Waals surface area contributed by atoms with Crippen molar-refractivity contribution in [1.82, 2.24) is 9.29 Å². The van der Waals surface area contributed by atoms with E-state index in [1.807, 2.05) is 40.6 Å². The average Bonchev–Trinajstić information content (AvgIpc) is 3.24. The van der Waals surface area contributed by atoms with Gasteiger partial charge in [-0.3, -0.25) is 0 Å². The van der Waals surface area contributed by atoms with Crippen LogP contribution in [0.2, 0.25) is 5.02 Å². The molecule has 1 saturated heterocycles. The smallest absolute Gasteiger partial charge is 0.345 e. The summed E-state index contributed by atoms with van der Waals surface area (Å²) in [5.41, 5.74) is 0.780. The molecule has 3 aromatic rings. The van der Waals surface area contributed by atoms with Gasteiger partial charge in [0, 0.05) is 37.1 Å². The van der Waals surface area contributed by atoms with Crippen LogP contribution in [0.25, 0.3) is 11.3 Å². The van der Waals surface area contributed by atoms with Crippen molar-refractivity contribution in [3.63, 3.8) is 0 Å². The molecule has 0 spiro atoms. The zero-order valence-electron chi connectivity index (χ0n) is 16.0. The van der Waals surface area contributed by atoms with Crippen molar-refractivity contribution < 1.29 is 21.6 Å². The first-order chi connectivity index (χ1) is 14.7. The molecule has 0 unspecified atom stereocenters. The maximum Gasteiger partial charge on any atom is 0.416 e. The summed E-state index contributed by atoms with van der Waals surface area (Å²) in [6.07, 6.45) is -4.66. The summed E-state index contributed by atoms with van der Waals surface area (Å²) in [5, 5.41) is 2.48. The SMILES string of the molecule is O=S(=O)(c1cc(C(F)(F)F)ccc1Cl)N1CCN(c2nc(-c3ccccc3)cs2)CC1. The minimum atomic E-state index is -4.66. The average molecular weight is 488 g/mol. The summed E-state index contributed by atoms with van der Waals surface area (Å²) < 4.78 is 66.2. The van der Waals surface area contributed by atoms with Gasteiger partial charge in [0.05, 0.1) is 16.3 Å². The van der Waals surface area contributed by atoms with E-state index in [4.69, 9.17) is 11.6 Å². The van der Waals surface area contributed by atoms with Crippen LogP contribution < -0.4 is 4.90 Å². The number of rotatable bonds is 4. The molecule has 164 valence electrons. The van der Waals surface area contributed by atoms with E-state index in [2.05, 4.69) is 4.98 Å². The number of alkyl halides is 3. The molecule has 2 aromatic carbocycles. The highest BCUT2D eigenvalue weighted by molar-refractivity contribution is 7.89. The molecule has 0 aliphatic carbocycles.